The second kappa shape index (κ2) is 5.84. The smallest absolute Gasteiger partial charge is 0.443 e. The maximum absolute atomic E-state index is 13.2. The van der Waals surface area contributed by atoms with E-state index in [0.29, 0.717) is 11.8 Å². The van der Waals surface area contributed by atoms with Gasteiger partial charge in [-0.05, 0) is 30.3 Å². The number of aliphatic imine (C=N–C) groups is 2. The van der Waals surface area contributed by atoms with Gasteiger partial charge in [-0.3, -0.25) is 0 Å². The predicted octanol–water partition coefficient (Wildman–Crippen LogP) is 3.88. The van der Waals surface area contributed by atoms with E-state index in [9.17, 15) is 26.3 Å². The summed E-state index contributed by atoms with van der Waals surface area (Å²) in [4.78, 5) is 5.35. The SMILES string of the molecule is C=CC1=NC(C(F)(F)F)(C(F)(F)F)N=C(c2ccc(OC)cc2)O1. The number of benzene rings is 1. The normalized spacial score (nSPS) is 17.5. The van der Waals surface area contributed by atoms with E-state index in [2.05, 4.69) is 16.6 Å². The van der Waals surface area contributed by atoms with Gasteiger partial charge in [0, 0.05) is 5.56 Å². The van der Waals surface area contributed by atoms with E-state index < -0.39 is 29.8 Å². The maximum Gasteiger partial charge on any atom is 0.443 e. The third kappa shape index (κ3) is 2.95. The second-order valence-corrected chi connectivity index (χ2v) is 4.57. The van der Waals surface area contributed by atoms with Gasteiger partial charge in [0.05, 0.1) is 7.11 Å². The molecule has 1 aromatic carbocycles. The van der Waals surface area contributed by atoms with Crippen molar-refractivity contribution < 1.29 is 35.8 Å². The summed E-state index contributed by atoms with van der Waals surface area (Å²) >= 11 is 0. The number of methoxy groups -OCH3 is 1. The zero-order chi connectivity index (χ0) is 18.2. The molecular weight excluding hydrogens is 342 g/mol. The average molecular weight is 352 g/mol. The first-order valence-electron chi connectivity index (χ1n) is 6.32. The van der Waals surface area contributed by atoms with Crippen LogP contribution in [0.2, 0.25) is 0 Å². The van der Waals surface area contributed by atoms with Crippen molar-refractivity contribution in [2.24, 2.45) is 9.98 Å². The number of halogens is 6. The lowest BCUT2D eigenvalue weighted by atomic mass is 10.1. The zero-order valence-electron chi connectivity index (χ0n) is 12.1. The van der Waals surface area contributed by atoms with Crippen molar-refractivity contribution in [2.45, 2.75) is 18.0 Å². The second-order valence-electron chi connectivity index (χ2n) is 4.57. The highest BCUT2D eigenvalue weighted by Gasteiger charge is 2.73. The van der Waals surface area contributed by atoms with Crippen molar-refractivity contribution in [3.63, 3.8) is 0 Å². The topological polar surface area (TPSA) is 43.2 Å². The molecule has 1 heterocycles. The Kier molecular flexibility index (Phi) is 4.34. The van der Waals surface area contributed by atoms with Crippen LogP contribution < -0.4 is 4.74 Å². The minimum absolute atomic E-state index is 0.108. The van der Waals surface area contributed by atoms with E-state index in [1.54, 1.807) is 0 Å². The van der Waals surface area contributed by atoms with Gasteiger partial charge in [-0.25, -0.2) is 9.98 Å². The first kappa shape index (κ1) is 17.8. The van der Waals surface area contributed by atoms with Gasteiger partial charge in [-0.15, -0.1) is 0 Å². The van der Waals surface area contributed by atoms with Crippen LogP contribution in [-0.2, 0) is 4.74 Å². The van der Waals surface area contributed by atoms with Crippen LogP contribution in [0.5, 0.6) is 5.75 Å². The monoisotopic (exact) mass is 352 g/mol. The number of hydrogen-bond donors (Lipinski definition) is 0. The molecule has 24 heavy (non-hydrogen) atoms. The molecule has 0 unspecified atom stereocenters. The van der Waals surface area contributed by atoms with Gasteiger partial charge in [0.2, 0.25) is 11.8 Å². The Hall–Kier alpha value is -2.52. The lowest BCUT2D eigenvalue weighted by molar-refractivity contribution is -0.293. The molecule has 10 heteroatoms. The van der Waals surface area contributed by atoms with E-state index in [1.165, 1.54) is 31.4 Å². The molecule has 0 spiro atoms. The highest BCUT2D eigenvalue weighted by atomic mass is 19.4. The Morgan fingerprint density at radius 3 is 2.00 bits per heavy atom. The fourth-order valence-electron chi connectivity index (χ4n) is 1.83. The number of rotatable bonds is 3. The van der Waals surface area contributed by atoms with Crippen molar-refractivity contribution in [1.82, 2.24) is 0 Å². The molecular formula is C14H10F6N2O2. The third-order valence-corrected chi connectivity index (χ3v) is 3.04. The molecule has 1 aliphatic heterocycles. The van der Waals surface area contributed by atoms with Gasteiger partial charge in [-0.1, -0.05) is 6.58 Å². The molecule has 0 aliphatic carbocycles. The molecule has 0 amide bonds. The molecule has 0 atom stereocenters. The Balaban J connectivity index is 2.64. The summed E-state index contributed by atoms with van der Waals surface area (Å²) in [7, 11) is 1.35. The molecule has 0 bridgehead atoms. The number of alkyl halides is 6. The minimum atomic E-state index is -5.82. The van der Waals surface area contributed by atoms with Gasteiger partial charge in [0.25, 0.3) is 0 Å². The highest BCUT2D eigenvalue weighted by Crippen LogP contribution is 2.48. The van der Waals surface area contributed by atoms with Crippen molar-refractivity contribution in [3.8, 4) is 5.75 Å². The first-order chi connectivity index (χ1) is 11.0. The highest BCUT2D eigenvalue weighted by molar-refractivity contribution is 6.06. The Morgan fingerprint density at radius 1 is 1.04 bits per heavy atom. The summed E-state index contributed by atoms with van der Waals surface area (Å²) in [5.74, 6) is -1.46. The molecule has 0 saturated carbocycles. The Morgan fingerprint density at radius 2 is 1.58 bits per heavy atom. The minimum Gasteiger partial charge on any atom is -0.497 e. The number of hydrogen-bond acceptors (Lipinski definition) is 4. The first-order valence-corrected chi connectivity index (χ1v) is 6.32. The molecule has 2 rings (SSSR count). The van der Waals surface area contributed by atoms with E-state index in [-0.39, 0.29) is 5.56 Å². The Bertz CT molecular complexity index is 675. The lowest BCUT2D eigenvalue weighted by Gasteiger charge is -2.33. The van der Waals surface area contributed by atoms with Crippen LogP contribution in [0.4, 0.5) is 26.3 Å². The van der Waals surface area contributed by atoms with E-state index >= 15 is 0 Å². The van der Waals surface area contributed by atoms with Crippen molar-refractivity contribution in [3.05, 3.63) is 42.5 Å². The molecule has 130 valence electrons. The quantitative estimate of drug-likeness (QED) is 0.775. The van der Waals surface area contributed by atoms with E-state index in [1.807, 2.05) is 0 Å². The van der Waals surface area contributed by atoms with Gasteiger partial charge in [-0.2, -0.15) is 26.3 Å². The zero-order valence-corrected chi connectivity index (χ0v) is 12.1. The van der Waals surface area contributed by atoms with Crippen LogP contribution >= 0.6 is 0 Å². The molecule has 0 fully saturated rings. The van der Waals surface area contributed by atoms with Crippen LogP contribution in [0.25, 0.3) is 0 Å². The van der Waals surface area contributed by atoms with Crippen molar-refractivity contribution >= 4 is 11.8 Å². The standard InChI is InChI=1S/C14H10F6N2O2/c1-3-10-21-12(13(15,16)17,14(18,19)20)22-11(24-10)8-4-6-9(23-2)7-5-8/h3-7H,1H2,2H3. The van der Waals surface area contributed by atoms with Gasteiger partial charge in [0.15, 0.2) is 0 Å². The summed E-state index contributed by atoms with van der Waals surface area (Å²) in [5, 5.41) is 0. The lowest BCUT2D eigenvalue weighted by Crippen LogP contribution is -2.56. The molecule has 0 saturated heterocycles. The number of nitrogens with zero attached hydrogens (tertiary/aromatic N) is 2. The Labute approximate surface area is 132 Å². The molecule has 0 radical (unpaired) electrons. The fraction of sp³-hybridized carbons (Fsp3) is 0.286. The number of ether oxygens (including phenoxy) is 2. The molecule has 4 nitrogen and oxygen atoms in total. The summed E-state index contributed by atoms with van der Waals surface area (Å²) in [6.07, 6.45) is -11.0. The van der Waals surface area contributed by atoms with E-state index in [4.69, 9.17) is 9.47 Å². The van der Waals surface area contributed by atoms with Crippen LogP contribution in [0, 0.1) is 0 Å². The summed E-state index contributed by atoms with van der Waals surface area (Å²) in [5.41, 5.74) is -4.76. The van der Waals surface area contributed by atoms with Gasteiger partial charge >= 0.3 is 18.0 Å². The molecule has 1 aliphatic rings. The summed E-state index contributed by atoms with van der Waals surface area (Å²) in [6, 6.07) is 5.09. The van der Waals surface area contributed by atoms with Crippen molar-refractivity contribution in [2.75, 3.05) is 7.11 Å². The summed E-state index contributed by atoms with van der Waals surface area (Å²) < 4.78 is 88.7. The van der Waals surface area contributed by atoms with Crippen LogP contribution in [0.1, 0.15) is 5.56 Å². The van der Waals surface area contributed by atoms with Crippen molar-refractivity contribution in [1.29, 1.82) is 0 Å². The van der Waals surface area contributed by atoms with Gasteiger partial charge < -0.3 is 9.47 Å². The molecule has 0 aromatic heterocycles. The maximum atomic E-state index is 13.2. The largest absolute Gasteiger partial charge is 0.497 e. The van der Waals surface area contributed by atoms with E-state index in [0.717, 1.165) is 0 Å². The van der Waals surface area contributed by atoms with Crippen LogP contribution in [-0.4, -0.2) is 36.9 Å². The fourth-order valence-corrected chi connectivity index (χ4v) is 1.83. The molecule has 1 aromatic rings. The predicted molar refractivity (Wildman–Crippen MR) is 73.1 cm³/mol. The van der Waals surface area contributed by atoms with Crippen LogP contribution in [0.3, 0.4) is 0 Å². The summed E-state index contributed by atoms with van der Waals surface area (Å²) in [6.45, 7) is 3.10. The average Bonchev–Trinajstić information content (AvgIpc) is 2.52. The third-order valence-electron chi connectivity index (χ3n) is 3.04. The molecule has 0 N–H and O–H groups in total. The van der Waals surface area contributed by atoms with Crippen LogP contribution in [0.15, 0.2) is 46.9 Å². The van der Waals surface area contributed by atoms with Gasteiger partial charge in [0.1, 0.15) is 5.75 Å².